The summed E-state index contributed by atoms with van der Waals surface area (Å²) in [7, 11) is -0.673. The van der Waals surface area contributed by atoms with Crippen LogP contribution in [0, 0.1) is 0 Å². The molecule has 4 nitrogen and oxygen atoms in total. The van der Waals surface area contributed by atoms with Crippen molar-refractivity contribution in [2.75, 3.05) is 66.7 Å². The molecule has 0 radical (unpaired) electrons. The summed E-state index contributed by atoms with van der Waals surface area (Å²) in [6.45, 7) is 2.09. The van der Waals surface area contributed by atoms with Crippen molar-refractivity contribution >= 4 is 99.1 Å². The maximum Gasteiger partial charge on any atom is 0.316 e. The second-order valence-electron chi connectivity index (χ2n) is 4.35. The topological polar surface area (TPSA) is 63.6 Å². The largest absolute Gasteiger partial charge is 0.454 e. The fourth-order valence-corrected chi connectivity index (χ4v) is 9.95. The number of carbonyl (C=O) groups excluding carboxylic acids is 1. The van der Waals surface area contributed by atoms with Crippen LogP contribution >= 0.6 is 82.3 Å². The van der Waals surface area contributed by atoms with Crippen molar-refractivity contribution in [3.05, 3.63) is 0 Å². The van der Waals surface area contributed by atoms with E-state index in [2.05, 4.69) is 6.92 Å². The van der Waals surface area contributed by atoms with E-state index in [9.17, 15) is 9.00 Å². The summed E-state index contributed by atoms with van der Waals surface area (Å²) in [6, 6.07) is 0. The molecule has 0 heterocycles. The number of ether oxygens (including phenoxy) is 1. The van der Waals surface area contributed by atoms with Crippen LogP contribution in [0.1, 0.15) is 6.92 Å². The lowest BCUT2D eigenvalue weighted by Crippen LogP contribution is -2.07. The Labute approximate surface area is 190 Å². The van der Waals surface area contributed by atoms with Crippen LogP contribution in [-0.4, -0.2) is 82.0 Å². The summed E-state index contributed by atoms with van der Waals surface area (Å²) in [6.07, 6.45) is 0. The van der Waals surface area contributed by atoms with Crippen molar-refractivity contribution in [2.45, 2.75) is 6.92 Å². The highest BCUT2D eigenvalue weighted by Crippen LogP contribution is 2.21. The van der Waals surface area contributed by atoms with Crippen LogP contribution in [-0.2, 0) is 20.3 Å². The minimum Gasteiger partial charge on any atom is -0.454 e. The molecule has 1 atom stereocenters. The van der Waals surface area contributed by atoms with Gasteiger partial charge in [0.1, 0.15) is 5.94 Å². The van der Waals surface area contributed by atoms with Gasteiger partial charge in [0.15, 0.2) is 0 Å². The highest BCUT2D eigenvalue weighted by atomic mass is 32.3. The van der Waals surface area contributed by atoms with Crippen LogP contribution in [0.15, 0.2) is 0 Å². The monoisotopic (exact) mass is 516 g/mol. The standard InChI is InChI=1S/C14H28O4S8/c1-2-19-13-26(17)6-5-22-10-24-12-25-11-23-7-14(16)18-9-21-4-3-20-8-15/h15H,2-13H2,1H3. The molecule has 26 heavy (non-hydrogen) atoms. The van der Waals surface area contributed by atoms with Crippen molar-refractivity contribution < 1.29 is 18.8 Å². The third kappa shape index (κ3) is 22.3. The second-order valence-corrected chi connectivity index (χ2v) is 14.9. The molecule has 0 aliphatic rings. The number of aliphatic hydroxyl groups is 1. The Morgan fingerprint density at radius 1 is 0.923 bits per heavy atom. The van der Waals surface area contributed by atoms with E-state index in [0.29, 0.717) is 11.7 Å². The maximum absolute atomic E-state index is 11.6. The van der Waals surface area contributed by atoms with Gasteiger partial charge in [0.2, 0.25) is 0 Å². The zero-order valence-electron chi connectivity index (χ0n) is 14.9. The minimum atomic E-state index is -0.673. The van der Waals surface area contributed by atoms with Crippen LogP contribution in [0.4, 0.5) is 0 Å². The van der Waals surface area contributed by atoms with Crippen LogP contribution in [0.25, 0.3) is 0 Å². The molecule has 0 fully saturated rings. The molecule has 1 N–H and O–H groups in total. The van der Waals surface area contributed by atoms with Crippen molar-refractivity contribution in [1.29, 1.82) is 0 Å². The number of carbonyl (C=O) groups is 1. The number of esters is 1. The predicted molar refractivity (Wildman–Crippen MR) is 134 cm³/mol. The lowest BCUT2D eigenvalue weighted by molar-refractivity contribution is -0.138. The van der Waals surface area contributed by atoms with E-state index in [4.69, 9.17) is 9.84 Å². The van der Waals surface area contributed by atoms with Crippen LogP contribution < -0.4 is 0 Å². The lowest BCUT2D eigenvalue weighted by Gasteiger charge is -2.05. The lowest BCUT2D eigenvalue weighted by atomic mass is 10.8. The van der Waals surface area contributed by atoms with E-state index < -0.39 is 10.8 Å². The molecule has 0 amide bonds. The van der Waals surface area contributed by atoms with E-state index in [0.717, 1.165) is 49.1 Å². The Bertz CT molecular complexity index is 349. The highest BCUT2D eigenvalue weighted by molar-refractivity contribution is 8.26. The number of rotatable bonds is 20. The first-order valence-electron chi connectivity index (χ1n) is 7.86. The summed E-state index contributed by atoms with van der Waals surface area (Å²) in [5.74, 6) is 5.33. The molecule has 0 rings (SSSR count). The second kappa shape index (κ2) is 23.3. The minimum absolute atomic E-state index is 0.144. The van der Waals surface area contributed by atoms with Crippen molar-refractivity contribution in [3.8, 4) is 0 Å². The summed E-state index contributed by atoms with van der Waals surface area (Å²) >= 11 is 11.9. The van der Waals surface area contributed by atoms with E-state index in [1.54, 1.807) is 35.3 Å². The van der Waals surface area contributed by atoms with Gasteiger partial charge < -0.3 is 9.84 Å². The summed E-state index contributed by atoms with van der Waals surface area (Å²) in [5, 5.41) is 12.3. The summed E-state index contributed by atoms with van der Waals surface area (Å²) in [5.41, 5.74) is 0. The van der Waals surface area contributed by atoms with E-state index >= 15 is 0 Å². The molecular formula is C14H28O4S8. The highest BCUT2D eigenvalue weighted by Gasteiger charge is 2.03. The number of hydrogen-bond acceptors (Lipinski definition) is 11. The third-order valence-electron chi connectivity index (χ3n) is 2.36. The first-order chi connectivity index (χ1) is 12.7. The Kier molecular flexibility index (Phi) is 25.1. The molecule has 1 unspecified atom stereocenters. The van der Waals surface area contributed by atoms with Gasteiger partial charge >= 0.3 is 5.97 Å². The Morgan fingerprint density at radius 3 is 2.35 bits per heavy atom. The number of aliphatic hydroxyl groups excluding tert-OH is 1. The van der Waals surface area contributed by atoms with Gasteiger partial charge in [-0.05, 0) is 5.75 Å². The molecule has 0 bridgehead atoms. The van der Waals surface area contributed by atoms with Crippen molar-refractivity contribution in [3.63, 3.8) is 0 Å². The smallest absolute Gasteiger partial charge is 0.316 e. The molecule has 0 aliphatic carbocycles. The number of thioether (sulfide) groups is 7. The van der Waals surface area contributed by atoms with Crippen LogP contribution in [0.3, 0.4) is 0 Å². The predicted octanol–water partition coefficient (Wildman–Crippen LogP) is 4.17. The molecule has 0 saturated heterocycles. The van der Waals surface area contributed by atoms with Crippen LogP contribution in [0.5, 0.6) is 0 Å². The SMILES string of the molecule is CCSCS(=O)CCSCSCSCSCC(=O)OCSCCSCO. The zero-order valence-corrected chi connectivity index (χ0v) is 21.5. The maximum atomic E-state index is 11.6. The molecule has 12 heteroatoms. The summed E-state index contributed by atoms with van der Waals surface area (Å²) in [4.78, 5) is 11.5. The fraction of sp³-hybridized carbons (Fsp3) is 0.929. The van der Waals surface area contributed by atoms with Gasteiger partial charge in [-0.3, -0.25) is 9.00 Å². The Morgan fingerprint density at radius 2 is 1.62 bits per heavy atom. The molecule has 0 aromatic rings. The summed E-state index contributed by atoms with van der Waals surface area (Å²) < 4.78 is 16.7. The number of hydrogen-bond donors (Lipinski definition) is 1. The average Bonchev–Trinajstić information content (AvgIpc) is 2.64. The zero-order chi connectivity index (χ0) is 19.3. The molecule has 0 saturated carbocycles. The molecular weight excluding hydrogens is 489 g/mol. The molecule has 0 aromatic heterocycles. The normalized spacial score (nSPS) is 12.2. The Hall–Kier alpha value is 2.03. The fourth-order valence-electron chi connectivity index (χ4n) is 1.21. The van der Waals surface area contributed by atoms with Crippen molar-refractivity contribution in [1.82, 2.24) is 0 Å². The average molecular weight is 517 g/mol. The first kappa shape index (κ1) is 28.0. The van der Waals surface area contributed by atoms with Gasteiger partial charge in [-0.15, -0.1) is 70.6 Å². The van der Waals surface area contributed by atoms with Gasteiger partial charge in [0.25, 0.3) is 0 Å². The first-order valence-corrected chi connectivity index (χ1v) is 17.4. The van der Waals surface area contributed by atoms with E-state index in [1.807, 2.05) is 35.3 Å². The van der Waals surface area contributed by atoms with Gasteiger partial charge in [-0.2, -0.15) is 11.8 Å². The van der Waals surface area contributed by atoms with Gasteiger partial charge in [0.05, 0.1) is 16.8 Å². The van der Waals surface area contributed by atoms with Crippen LogP contribution in [0.2, 0.25) is 0 Å². The molecule has 0 spiro atoms. The van der Waals surface area contributed by atoms with E-state index in [1.165, 1.54) is 11.8 Å². The van der Waals surface area contributed by atoms with Crippen molar-refractivity contribution in [2.24, 2.45) is 0 Å². The van der Waals surface area contributed by atoms with E-state index in [-0.39, 0.29) is 11.9 Å². The van der Waals surface area contributed by atoms with Gasteiger partial charge in [0, 0.05) is 49.1 Å². The third-order valence-corrected chi connectivity index (χ3v) is 12.0. The molecule has 0 aliphatic heterocycles. The van der Waals surface area contributed by atoms with Gasteiger partial charge in [-0.25, -0.2) is 0 Å². The Balaban J connectivity index is 3.20. The quantitative estimate of drug-likeness (QED) is 0.144. The molecule has 156 valence electrons. The van der Waals surface area contributed by atoms with Gasteiger partial charge in [-0.1, -0.05) is 6.92 Å². The molecule has 0 aromatic carbocycles.